The maximum absolute atomic E-state index is 2.54. The third-order valence-corrected chi connectivity index (χ3v) is 6.15. The predicted octanol–water partition coefficient (Wildman–Crippen LogP) is 5.02. The maximum atomic E-state index is 2.54. The Morgan fingerprint density at radius 2 is 1.65 bits per heavy atom. The van der Waals surface area contributed by atoms with Crippen LogP contribution < -0.4 is 4.90 Å². The largest absolute Gasteiger partial charge is 0.340 e. The van der Waals surface area contributed by atoms with Gasteiger partial charge in [0, 0.05) is 22.9 Å². The molecule has 2 aromatic carbocycles. The van der Waals surface area contributed by atoms with Crippen LogP contribution in [0, 0.1) is 5.92 Å². The summed E-state index contributed by atoms with van der Waals surface area (Å²) in [5, 5.41) is 0. The summed E-state index contributed by atoms with van der Waals surface area (Å²) in [5.74, 6) is 0.836. The van der Waals surface area contributed by atoms with E-state index in [0.29, 0.717) is 0 Å². The Balaban J connectivity index is 1.57. The normalized spacial score (nSPS) is 20.9. The lowest BCUT2D eigenvalue weighted by molar-refractivity contribution is 0.204. The Morgan fingerprint density at radius 1 is 1.00 bits per heavy atom. The van der Waals surface area contributed by atoms with Gasteiger partial charge in [0.05, 0.1) is 11.4 Å². The molecule has 1 saturated heterocycles. The smallest absolute Gasteiger partial charge is 0.0552 e. The van der Waals surface area contributed by atoms with Crippen LogP contribution in [0.4, 0.5) is 11.4 Å². The van der Waals surface area contributed by atoms with Crippen LogP contribution in [-0.4, -0.2) is 31.6 Å². The van der Waals surface area contributed by atoms with E-state index in [1.54, 1.807) is 0 Å². The Hall–Kier alpha value is -1.45. The minimum Gasteiger partial charge on any atom is -0.340 e. The van der Waals surface area contributed by atoms with E-state index < -0.39 is 0 Å². The van der Waals surface area contributed by atoms with E-state index in [1.165, 1.54) is 53.5 Å². The summed E-state index contributed by atoms with van der Waals surface area (Å²) >= 11 is 1.90. The molecule has 0 radical (unpaired) electrons. The molecule has 3 heteroatoms. The Morgan fingerprint density at radius 3 is 2.30 bits per heavy atom. The minimum absolute atomic E-state index is 0.836. The standard InChI is InChI=1S/C20H24N2S/c1-21-13-6-7-16(15-21)12-14-22-17-8-2-4-10-19(17)23-20-11-5-3-9-18(20)22/h2-5,8-11,16H,6-7,12-15H2,1H3. The molecule has 0 amide bonds. The van der Waals surface area contributed by atoms with Crippen LogP contribution >= 0.6 is 11.8 Å². The van der Waals surface area contributed by atoms with E-state index >= 15 is 0 Å². The van der Waals surface area contributed by atoms with Gasteiger partial charge in [0.25, 0.3) is 0 Å². The van der Waals surface area contributed by atoms with E-state index in [2.05, 4.69) is 65.4 Å². The molecule has 0 saturated carbocycles. The molecular formula is C20H24N2S. The summed E-state index contributed by atoms with van der Waals surface area (Å²) in [5.41, 5.74) is 2.75. The number of nitrogens with zero attached hydrogens (tertiary/aromatic N) is 2. The number of likely N-dealkylation sites (tertiary alicyclic amines) is 1. The molecule has 1 fully saturated rings. The zero-order valence-electron chi connectivity index (χ0n) is 13.7. The fourth-order valence-electron chi connectivity index (χ4n) is 3.84. The summed E-state index contributed by atoms with van der Waals surface area (Å²) in [4.78, 5) is 7.79. The molecule has 23 heavy (non-hydrogen) atoms. The summed E-state index contributed by atoms with van der Waals surface area (Å²) in [7, 11) is 2.26. The molecule has 2 aliphatic rings. The zero-order valence-corrected chi connectivity index (χ0v) is 14.6. The first-order chi connectivity index (χ1) is 11.3. The van der Waals surface area contributed by atoms with Crippen molar-refractivity contribution in [3.8, 4) is 0 Å². The lowest BCUT2D eigenvalue weighted by Crippen LogP contribution is -2.34. The molecule has 0 aromatic heterocycles. The number of para-hydroxylation sites is 2. The molecule has 4 rings (SSSR count). The highest BCUT2D eigenvalue weighted by molar-refractivity contribution is 7.99. The first-order valence-electron chi connectivity index (χ1n) is 8.63. The van der Waals surface area contributed by atoms with E-state index in [-0.39, 0.29) is 0 Å². The van der Waals surface area contributed by atoms with Crippen LogP contribution in [0.3, 0.4) is 0 Å². The number of rotatable bonds is 3. The van der Waals surface area contributed by atoms with Gasteiger partial charge in [-0.3, -0.25) is 0 Å². The average Bonchev–Trinajstić information content (AvgIpc) is 2.58. The van der Waals surface area contributed by atoms with Gasteiger partial charge < -0.3 is 9.80 Å². The van der Waals surface area contributed by atoms with Crippen molar-refractivity contribution in [3.63, 3.8) is 0 Å². The number of anilines is 2. The third-order valence-electron chi connectivity index (χ3n) is 5.02. The lowest BCUT2D eigenvalue weighted by atomic mass is 9.95. The number of fused-ring (bicyclic) bond motifs is 2. The molecule has 0 spiro atoms. The van der Waals surface area contributed by atoms with Crippen LogP contribution in [0.15, 0.2) is 58.3 Å². The second-order valence-corrected chi connectivity index (χ2v) is 7.83. The number of hydrogen-bond acceptors (Lipinski definition) is 3. The van der Waals surface area contributed by atoms with Crippen molar-refractivity contribution < 1.29 is 0 Å². The highest BCUT2D eigenvalue weighted by Gasteiger charge is 2.24. The van der Waals surface area contributed by atoms with Crippen molar-refractivity contribution in [3.05, 3.63) is 48.5 Å². The van der Waals surface area contributed by atoms with Gasteiger partial charge in [0.15, 0.2) is 0 Å². The lowest BCUT2D eigenvalue weighted by Gasteiger charge is -2.35. The SMILES string of the molecule is CN1CCCC(CCN2c3ccccc3Sc3ccccc32)C1. The second-order valence-electron chi connectivity index (χ2n) is 6.75. The van der Waals surface area contributed by atoms with Crippen LogP contribution in [0.25, 0.3) is 0 Å². The van der Waals surface area contributed by atoms with Gasteiger partial charge in [0.2, 0.25) is 0 Å². The van der Waals surface area contributed by atoms with Crippen LogP contribution in [0.2, 0.25) is 0 Å². The molecule has 0 N–H and O–H groups in total. The monoisotopic (exact) mass is 324 g/mol. The highest BCUT2D eigenvalue weighted by Crippen LogP contribution is 2.47. The minimum atomic E-state index is 0.836. The molecule has 0 aliphatic carbocycles. The van der Waals surface area contributed by atoms with Crippen molar-refractivity contribution in [2.24, 2.45) is 5.92 Å². The number of benzene rings is 2. The van der Waals surface area contributed by atoms with Crippen LogP contribution in [0.1, 0.15) is 19.3 Å². The topological polar surface area (TPSA) is 6.48 Å². The average molecular weight is 324 g/mol. The van der Waals surface area contributed by atoms with Gasteiger partial charge in [-0.15, -0.1) is 0 Å². The van der Waals surface area contributed by atoms with Gasteiger partial charge >= 0.3 is 0 Å². The van der Waals surface area contributed by atoms with Gasteiger partial charge in [-0.2, -0.15) is 0 Å². The summed E-state index contributed by atoms with van der Waals surface area (Å²) in [6.45, 7) is 3.64. The van der Waals surface area contributed by atoms with E-state index in [0.717, 1.165) is 12.5 Å². The Kier molecular flexibility index (Phi) is 4.32. The quantitative estimate of drug-likeness (QED) is 0.782. The molecule has 0 bridgehead atoms. The molecule has 2 nitrogen and oxygen atoms in total. The van der Waals surface area contributed by atoms with Crippen molar-refractivity contribution in [2.45, 2.75) is 29.1 Å². The molecule has 1 atom stereocenters. The van der Waals surface area contributed by atoms with Crippen LogP contribution in [-0.2, 0) is 0 Å². The Labute approximate surface area is 143 Å². The molecule has 120 valence electrons. The predicted molar refractivity (Wildman–Crippen MR) is 98.9 cm³/mol. The molecular weight excluding hydrogens is 300 g/mol. The van der Waals surface area contributed by atoms with E-state index in [4.69, 9.17) is 0 Å². The zero-order chi connectivity index (χ0) is 15.6. The van der Waals surface area contributed by atoms with Gasteiger partial charge in [-0.25, -0.2) is 0 Å². The molecule has 1 unspecified atom stereocenters. The summed E-state index contributed by atoms with van der Waals surface area (Å²) in [6, 6.07) is 17.6. The van der Waals surface area contributed by atoms with Crippen molar-refractivity contribution in [2.75, 3.05) is 31.6 Å². The molecule has 2 heterocycles. The fourth-order valence-corrected chi connectivity index (χ4v) is 4.94. The van der Waals surface area contributed by atoms with Crippen molar-refractivity contribution in [1.82, 2.24) is 4.90 Å². The van der Waals surface area contributed by atoms with Crippen LogP contribution in [0.5, 0.6) is 0 Å². The van der Waals surface area contributed by atoms with Gasteiger partial charge in [-0.05, 0) is 63.0 Å². The van der Waals surface area contributed by atoms with Gasteiger partial charge in [0.1, 0.15) is 0 Å². The Bertz CT molecular complexity index is 639. The van der Waals surface area contributed by atoms with E-state index in [9.17, 15) is 0 Å². The second kappa shape index (κ2) is 6.58. The maximum Gasteiger partial charge on any atom is 0.0552 e. The fraction of sp³-hybridized carbons (Fsp3) is 0.400. The third kappa shape index (κ3) is 3.13. The van der Waals surface area contributed by atoms with E-state index in [1.807, 2.05) is 11.8 Å². The number of hydrogen-bond donors (Lipinski definition) is 0. The molecule has 2 aromatic rings. The van der Waals surface area contributed by atoms with Gasteiger partial charge in [-0.1, -0.05) is 36.0 Å². The highest BCUT2D eigenvalue weighted by atomic mass is 32.2. The van der Waals surface area contributed by atoms with Crippen molar-refractivity contribution >= 4 is 23.1 Å². The summed E-state index contributed by atoms with van der Waals surface area (Å²) < 4.78 is 0. The first-order valence-corrected chi connectivity index (χ1v) is 9.45. The molecule has 2 aliphatic heterocycles. The first kappa shape index (κ1) is 15.1. The number of piperidine rings is 1. The summed E-state index contributed by atoms with van der Waals surface area (Å²) in [6.07, 6.45) is 4.01. The van der Waals surface area contributed by atoms with Crippen molar-refractivity contribution in [1.29, 1.82) is 0 Å².